The summed E-state index contributed by atoms with van der Waals surface area (Å²) < 4.78 is 26.2. The minimum absolute atomic E-state index is 0.0344. The van der Waals surface area contributed by atoms with E-state index in [1.807, 2.05) is 0 Å². The van der Waals surface area contributed by atoms with E-state index in [9.17, 15) is 8.42 Å². The average Bonchev–Trinajstić information content (AvgIpc) is 2.39. The van der Waals surface area contributed by atoms with Crippen LogP contribution in [0.15, 0.2) is 29.2 Å². The Balaban J connectivity index is 2.22. The molecule has 2 rings (SSSR count). The van der Waals surface area contributed by atoms with Crippen LogP contribution in [0.1, 0.15) is 12.8 Å². The van der Waals surface area contributed by atoms with E-state index >= 15 is 0 Å². The van der Waals surface area contributed by atoms with Crippen LogP contribution < -0.4 is 0 Å². The van der Waals surface area contributed by atoms with E-state index in [1.54, 1.807) is 12.1 Å². The molecule has 1 heterocycles. The summed E-state index contributed by atoms with van der Waals surface area (Å²) in [6.07, 6.45) is 1.67. The number of halogens is 1. The topological polar surface area (TPSA) is 57.6 Å². The third-order valence-electron chi connectivity index (χ3n) is 3.19. The Hall–Kier alpha value is -0.620. The van der Waals surface area contributed by atoms with Crippen LogP contribution in [-0.4, -0.2) is 37.5 Å². The maximum Gasteiger partial charge on any atom is 0.243 e. The molecule has 0 saturated carbocycles. The first kappa shape index (κ1) is 13.8. The molecule has 0 bridgehead atoms. The Morgan fingerprint density at radius 3 is 2.61 bits per heavy atom. The van der Waals surface area contributed by atoms with Crippen molar-refractivity contribution in [2.45, 2.75) is 17.7 Å². The highest BCUT2D eigenvalue weighted by atomic mass is 35.5. The summed E-state index contributed by atoms with van der Waals surface area (Å²) in [4.78, 5) is 0.255. The Kier molecular flexibility index (Phi) is 4.27. The van der Waals surface area contributed by atoms with Gasteiger partial charge in [-0.1, -0.05) is 11.6 Å². The van der Waals surface area contributed by atoms with Crippen molar-refractivity contribution in [3.05, 3.63) is 29.3 Å². The normalized spacial score (nSPS) is 22.0. The van der Waals surface area contributed by atoms with Gasteiger partial charge >= 0.3 is 0 Å². The fraction of sp³-hybridized carbons (Fsp3) is 0.500. The van der Waals surface area contributed by atoms with Crippen LogP contribution >= 0.6 is 11.6 Å². The molecule has 1 aliphatic heterocycles. The number of nitrogens with zero attached hydrogens (tertiary/aromatic N) is 1. The van der Waals surface area contributed by atoms with Gasteiger partial charge in [0.15, 0.2) is 0 Å². The second kappa shape index (κ2) is 5.57. The number of benzene rings is 1. The van der Waals surface area contributed by atoms with E-state index in [0.717, 1.165) is 12.8 Å². The lowest BCUT2D eigenvalue weighted by atomic mass is 10.0. The van der Waals surface area contributed by atoms with Crippen molar-refractivity contribution in [2.24, 2.45) is 5.92 Å². The molecule has 1 fully saturated rings. The first-order valence-electron chi connectivity index (χ1n) is 5.90. The van der Waals surface area contributed by atoms with E-state index in [1.165, 1.54) is 16.4 Å². The molecule has 1 saturated heterocycles. The van der Waals surface area contributed by atoms with Gasteiger partial charge in [0.25, 0.3) is 0 Å². The van der Waals surface area contributed by atoms with Crippen molar-refractivity contribution < 1.29 is 13.5 Å². The molecule has 1 atom stereocenters. The predicted octanol–water partition coefficient (Wildman–Crippen LogP) is 1.73. The summed E-state index contributed by atoms with van der Waals surface area (Å²) in [7, 11) is -3.46. The summed E-state index contributed by atoms with van der Waals surface area (Å²) in [6.45, 7) is 0.940. The second-order valence-corrected chi connectivity index (χ2v) is 6.88. The third-order valence-corrected chi connectivity index (χ3v) is 5.32. The molecule has 18 heavy (non-hydrogen) atoms. The highest BCUT2D eigenvalue weighted by Crippen LogP contribution is 2.24. The van der Waals surface area contributed by atoms with Gasteiger partial charge in [0.1, 0.15) is 0 Å². The van der Waals surface area contributed by atoms with Crippen molar-refractivity contribution in [3.63, 3.8) is 0 Å². The van der Waals surface area contributed by atoms with Gasteiger partial charge in [-0.15, -0.1) is 0 Å². The lowest BCUT2D eigenvalue weighted by Gasteiger charge is -2.30. The largest absolute Gasteiger partial charge is 0.396 e. The number of rotatable bonds is 3. The molecule has 0 radical (unpaired) electrons. The molecule has 0 amide bonds. The van der Waals surface area contributed by atoms with Gasteiger partial charge < -0.3 is 5.11 Å². The molecular formula is C12H16ClNO3S. The summed E-state index contributed by atoms with van der Waals surface area (Å²) >= 11 is 5.75. The zero-order chi connectivity index (χ0) is 13.2. The molecule has 0 unspecified atom stereocenters. The zero-order valence-corrected chi connectivity index (χ0v) is 11.5. The van der Waals surface area contributed by atoms with Gasteiger partial charge in [-0.2, -0.15) is 4.31 Å². The highest BCUT2D eigenvalue weighted by molar-refractivity contribution is 7.89. The smallest absolute Gasteiger partial charge is 0.243 e. The first-order chi connectivity index (χ1) is 8.54. The van der Waals surface area contributed by atoms with Crippen molar-refractivity contribution in [2.75, 3.05) is 19.7 Å². The molecule has 1 aromatic carbocycles. The number of piperidine rings is 1. The number of sulfonamides is 1. The van der Waals surface area contributed by atoms with Crippen LogP contribution in [0.4, 0.5) is 0 Å². The van der Waals surface area contributed by atoms with E-state index in [0.29, 0.717) is 18.1 Å². The quantitative estimate of drug-likeness (QED) is 0.922. The number of hydrogen-bond acceptors (Lipinski definition) is 3. The fourth-order valence-corrected chi connectivity index (χ4v) is 3.83. The van der Waals surface area contributed by atoms with Gasteiger partial charge in [0.05, 0.1) is 4.90 Å². The van der Waals surface area contributed by atoms with Crippen LogP contribution in [0.2, 0.25) is 5.02 Å². The average molecular weight is 290 g/mol. The van der Waals surface area contributed by atoms with E-state index in [-0.39, 0.29) is 17.4 Å². The Bertz CT molecular complexity index is 501. The van der Waals surface area contributed by atoms with Crippen molar-refractivity contribution in [1.29, 1.82) is 0 Å². The molecule has 6 heteroatoms. The fourth-order valence-electron chi connectivity index (χ4n) is 2.15. The van der Waals surface area contributed by atoms with Gasteiger partial charge in [0, 0.05) is 24.7 Å². The summed E-state index contributed by atoms with van der Waals surface area (Å²) in [6, 6.07) is 6.17. The minimum Gasteiger partial charge on any atom is -0.396 e. The van der Waals surface area contributed by atoms with Crippen LogP contribution in [0.3, 0.4) is 0 Å². The van der Waals surface area contributed by atoms with E-state index in [4.69, 9.17) is 16.7 Å². The molecule has 0 aliphatic carbocycles. The molecule has 1 N–H and O–H groups in total. The van der Waals surface area contributed by atoms with E-state index in [2.05, 4.69) is 0 Å². The minimum atomic E-state index is -3.46. The Morgan fingerprint density at radius 1 is 1.33 bits per heavy atom. The first-order valence-corrected chi connectivity index (χ1v) is 7.72. The van der Waals surface area contributed by atoms with Crippen LogP contribution in [-0.2, 0) is 10.0 Å². The Morgan fingerprint density at radius 2 is 2.00 bits per heavy atom. The molecular weight excluding hydrogens is 274 g/mol. The molecule has 0 aromatic heterocycles. The summed E-state index contributed by atoms with van der Waals surface area (Å²) in [5.41, 5.74) is 0. The van der Waals surface area contributed by atoms with Crippen molar-refractivity contribution in [3.8, 4) is 0 Å². The third kappa shape index (κ3) is 2.85. The molecule has 1 aliphatic rings. The molecule has 1 aromatic rings. The number of aliphatic hydroxyl groups excluding tert-OH is 1. The number of hydrogen-bond donors (Lipinski definition) is 1. The zero-order valence-electron chi connectivity index (χ0n) is 9.92. The summed E-state index contributed by atoms with van der Waals surface area (Å²) in [5, 5.41) is 9.66. The lowest BCUT2D eigenvalue weighted by Crippen LogP contribution is -2.40. The molecule has 100 valence electrons. The second-order valence-electron chi connectivity index (χ2n) is 4.51. The number of aliphatic hydroxyl groups is 1. The van der Waals surface area contributed by atoms with Crippen molar-refractivity contribution in [1.82, 2.24) is 4.31 Å². The monoisotopic (exact) mass is 289 g/mol. The lowest BCUT2D eigenvalue weighted by molar-refractivity contribution is 0.165. The van der Waals surface area contributed by atoms with Crippen molar-refractivity contribution >= 4 is 21.6 Å². The Labute approximate surface area is 112 Å². The van der Waals surface area contributed by atoms with Crippen LogP contribution in [0.5, 0.6) is 0 Å². The van der Waals surface area contributed by atoms with Crippen LogP contribution in [0.25, 0.3) is 0 Å². The van der Waals surface area contributed by atoms with Gasteiger partial charge in [0.2, 0.25) is 10.0 Å². The predicted molar refractivity (Wildman–Crippen MR) is 70.0 cm³/mol. The SMILES string of the molecule is O=S(=O)(c1ccc(Cl)cc1)N1CCC[C@H](CO)C1. The molecule has 4 nitrogen and oxygen atoms in total. The van der Waals surface area contributed by atoms with Gasteiger partial charge in [-0.3, -0.25) is 0 Å². The highest BCUT2D eigenvalue weighted by Gasteiger charge is 2.29. The van der Waals surface area contributed by atoms with Crippen LogP contribution in [0, 0.1) is 5.92 Å². The van der Waals surface area contributed by atoms with Gasteiger partial charge in [-0.25, -0.2) is 8.42 Å². The van der Waals surface area contributed by atoms with E-state index < -0.39 is 10.0 Å². The standard InChI is InChI=1S/C12H16ClNO3S/c13-11-3-5-12(6-4-11)18(16,17)14-7-1-2-10(8-14)9-15/h3-6,10,15H,1-2,7-9H2/t10-/m0/s1. The molecule has 0 spiro atoms. The van der Waals surface area contributed by atoms with Gasteiger partial charge in [-0.05, 0) is 43.0 Å². The maximum absolute atomic E-state index is 12.4. The maximum atomic E-state index is 12.4. The summed E-state index contributed by atoms with van der Waals surface area (Å²) in [5.74, 6) is 0.0424.